The van der Waals surface area contributed by atoms with E-state index in [2.05, 4.69) is 0 Å². The third kappa shape index (κ3) is 2.75. The fourth-order valence-corrected chi connectivity index (χ4v) is 8.04. The van der Waals surface area contributed by atoms with Crippen molar-refractivity contribution in [3.63, 3.8) is 0 Å². The normalized spacial score (nSPS) is 15.8. The molecule has 1 unspecified atom stereocenters. The molecule has 6 heteroatoms. The van der Waals surface area contributed by atoms with Crippen LogP contribution in [0.1, 0.15) is 20.8 Å². The summed E-state index contributed by atoms with van der Waals surface area (Å²) in [6.07, 6.45) is 0. The maximum absolute atomic E-state index is 13.5. The topological polar surface area (TPSA) is 54.4 Å². The van der Waals surface area contributed by atoms with Crippen LogP contribution in [0.4, 0.5) is 4.39 Å². The number of rotatable bonds is 5. The first-order valence-corrected chi connectivity index (χ1v) is 8.64. The van der Waals surface area contributed by atoms with E-state index < -0.39 is 23.3 Å². The van der Waals surface area contributed by atoms with E-state index in [0.29, 0.717) is 18.1 Å². The van der Waals surface area contributed by atoms with Crippen molar-refractivity contribution in [3.8, 4) is 0 Å². The van der Waals surface area contributed by atoms with E-state index in [0.717, 1.165) is 0 Å². The summed E-state index contributed by atoms with van der Waals surface area (Å²) in [5.74, 6) is 0. The van der Waals surface area contributed by atoms with Crippen LogP contribution >= 0.6 is 0 Å². The molecule has 0 aliphatic carbocycles. The average molecular weight is 228 g/mol. The van der Waals surface area contributed by atoms with Crippen molar-refractivity contribution in [3.05, 3.63) is 0 Å². The van der Waals surface area contributed by atoms with Crippen LogP contribution in [-0.2, 0) is 10.1 Å². The summed E-state index contributed by atoms with van der Waals surface area (Å²) in [4.78, 5) is 0. The zero-order valence-corrected chi connectivity index (χ0v) is 10.1. The lowest BCUT2D eigenvalue weighted by molar-refractivity contribution is 0.419. The molecule has 0 saturated carbocycles. The highest BCUT2D eigenvalue weighted by atomic mass is 32.2. The van der Waals surface area contributed by atoms with Crippen molar-refractivity contribution < 1.29 is 17.4 Å². The fourth-order valence-electron chi connectivity index (χ4n) is 1.55. The number of halogens is 1. The summed E-state index contributed by atoms with van der Waals surface area (Å²) in [5, 5.41) is -2.03. The molecular weight excluding hydrogens is 211 g/mol. The fraction of sp³-hybridized carbons (Fsp3) is 1.00. The predicted molar refractivity (Wildman–Crippen MR) is 53.6 cm³/mol. The highest BCUT2D eigenvalue weighted by Crippen LogP contribution is 2.29. The first-order valence-electron chi connectivity index (χ1n) is 4.44. The molecule has 0 aromatic carbocycles. The van der Waals surface area contributed by atoms with Gasteiger partial charge in [0, 0.05) is 0 Å². The van der Waals surface area contributed by atoms with Crippen molar-refractivity contribution in [2.45, 2.75) is 44.0 Å². The van der Waals surface area contributed by atoms with E-state index in [1.54, 1.807) is 20.8 Å². The maximum Gasteiger partial charge on any atom is 0.293 e. The summed E-state index contributed by atoms with van der Waals surface area (Å²) in [5.41, 5.74) is 0. The first-order chi connectivity index (χ1) is 5.84. The van der Waals surface area contributed by atoms with Crippen LogP contribution in [0.25, 0.3) is 0 Å². The molecule has 80 valence electrons. The lowest BCUT2D eigenvalue weighted by atomic mass is 10.9. The van der Waals surface area contributed by atoms with Gasteiger partial charge in [-0.25, -0.2) is 4.39 Å². The zero-order chi connectivity index (χ0) is 10.7. The molecule has 1 N–H and O–H groups in total. The predicted octanol–water partition coefficient (Wildman–Crippen LogP) is 2.22. The van der Waals surface area contributed by atoms with Gasteiger partial charge in [0.25, 0.3) is 10.1 Å². The maximum atomic E-state index is 13.5. The van der Waals surface area contributed by atoms with Gasteiger partial charge in [-0.1, -0.05) is 38.9 Å². The summed E-state index contributed by atoms with van der Waals surface area (Å²) >= 11 is 0. The van der Waals surface area contributed by atoms with Gasteiger partial charge in [0.1, 0.15) is 8.07 Å². The van der Waals surface area contributed by atoms with Crippen LogP contribution in [0.2, 0.25) is 18.1 Å². The second-order valence-electron chi connectivity index (χ2n) is 3.25. The Morgan fingerprint density at radius 3 is 1.62 bits per heavy atom. The SMILES string of the molecule is CC[Si](CC)(CC)C(F)S(=O)(=O)O. The molecular formula is C7H17FO3SSi. The summed E-state index contributed by atoms with van der Waals surface area (Å²) in [6.45, 7) is 5.37. The zero-order valence-electron chi connectivity index (χ0n) is 8.25. The largest absolute Gasteiger partial charge is 0.293 e. The smallest absolute Gasteiger partial charge is 0.284 e. The molecule has 3 nitrogen and oxygen atoms in total. The van der Waals surface area contributed by atoms with E-state index >= 15 is 0 Å². The van der Waals surface area contributed by atoms with Gasteiger partial charge in [-0.05, 0) is 0 Å². The highest BCUT2D eigenvalue weighted by Gasteiger charge is 2.44. The van der Waals surface area contributed by atoms with Crippen LogP contribution in [0.3, 0.4) is 0 Å². The molecule has 0 heterocycles. The van der Waals surface area contributed by atoms with E-state index in [4.69, 9.17) is 4.55 Å². The van der Waals surface area contributed by atoms with Crippen LogP contribution in [0.15, 0.2) is 0 Å². The number of hydrogen-bond donors (Lipinski definition) is 1. The molecule has 0 bridgehead atoms. The Morgan fingerprint density at radius 2 is 1.54 bits per heavy atom. The number of alkyl halides is 1. The molecule has 0 aliphatic rings. The van der Waals surface area contributed by atoms with E-state index in [-0.39, 0.29) is 0 Å². The molecule has 0 rings (SSSR count). The molecule has 0 amide bonds. The Kier molecular flexibility index (Phi) is 4.54. The van der Waals surface area contributed by atoms with Crippen molar-refractivity contribution in [2.24, 2.45) is 0 Å². The van der Waals surface area contributed by atoms with Gasteiger partial charge in [0.2, 0.25) is 5.13 Å². The highest BCUT2D eigenvalue weighted by molar-refractivity contribution is 7.88. The summed E-state index contributed by atoms with van der Waals surface area (Å²) in [7, 11) is -6.96. The second kappa shape index (κ2) is 4.52. The van der Waals surface area contributed by atoms with Crippen LogP contribution in [0, 0.1) is 0 Å². The van der Waals surface area contributed by atoms with Gasteiger partial charge in [-0.3, -0.25) is 4.55 Å². The molecule has 1 atom stereocenters. The molecule has 0 radical (unpaired) electrons. The lowest BCUT2D eigenvalue weighted by Gasteiger charge is -2.29. The quantitative estimate of drug-likeness (QED) is 0.580. The van der Waals surface area contributed by atoms with Gasteiger partial charge in [0.15, 0.2) is 0 Å². The molecule has 0 fully saturated rings. The van der Waals surface area contributed by atoms with Crippen molar-refractivity contribution in [1.82, 2.24) is 0 Å². The van der Waals surface area contributed by atoms with Gasteiger partial charge >= 0.3 is 0 Å². The molecule has 0 saturated heterocycles. The molecule has 13 heavy (non-hydrogen) atoms. The minimum absolute atomic E-state index is 0.543. The minimum Gasteiger partial charge on any atom is -0.284 e. The molecule has 0 aromatic heterocycles. The monoisotopic (exact) mass is 228 g/mol. The summed E-state index contributed by atoms with van der Waals surface area (Å²) in [6, 6.07) is 1.63. The molecule has 0 aliphatic heterocycles. The third-order valence-corrected chi connectivity index (χ3v) is 11.0. The minimum atomic E-state index is -4.50. The van der Waals surface area contributed by atoms with Gasteiger partial charge in [0.05, 0.1) is 0 Å². The van der Waals surface area contributed by atoms with Crippen molar-refractivity contribution in [2.75, 3.05) is 0 Å². The Balaban J connectivity index is 4.96. The lowest BCUT2D eigenvalue weighted by Crippen LogP contribution is -2.47. The Morgan fingerprint density at radius 1 is 1.23 bits per heavy atom. The van der Waals surface area contributed by atoms with Gasteiger partial charge < -0.3 is 0 Å². The average Bonchev–Trinajstić information content (AvgIpc) is 2.07. The van der Waals surface area contributed by atoms with E-state index in [1.165, 1.54) is 0 Å². The second-order valence-corrected chi connectivity index (χ2v) is 10.5. The van der Waals surface area contributed by atoms with Crippen LogP contribution in [0.5, 0.6) is 0 Å². The Labute approximate surface area is 80.1 Å². The molecule has 0 aromatic rings. The van der Waals surface area contributed by atoms with Crippen LogP contribution < -0.4 is 0 Å². The first kappa shape index (κ1) is 13.1. The van der Waals surface area contributed by atoms with Gasteiger partial charge in [-0.2, -0.15) is 8.42 Å². The van der Waals surface area contributed by atoms with E-state index in [1.807, 2.05) is 0 Å². The third-order valence-electron chi connectivity index (χ3n) is 2.86. The van der Waals surface area contributed by atoms with E-state index in [9.17, 15) is 12.8 Å². The molecule has 0 spiro atoms. The number of hydrogen-bond acceptors (Lipinski definition) is 2. The Hall–Kier alpha value is 0.0569. The van der Waals surface area contributed by atoms with Crippen LogP contribution in [-0.4, -0.2) is 26.2 Å². The standard InChI is InChI=1S/C7H17FO3SSi/c1-4-13(5-2,6-3)7(8)12(9,10)11/h7H,4-6H2,1-3H3,(H,9,10,11). The Bertz CT molecular complexity index is 240. The van der Waals surface area contributed by atoms with Crippen molar-refractivity contribution in [1.29, 1.82) is 0 Å². The van der Waals surface area contributed by atoms with Crippen molar-refractivity contribution >= 4 is 18.2 Å². The summed E-state index contributed by atoms with van der Waals surface area (Å²) < 4.78 is 43.4. The van der Waals surface area contributed by atoms with Gasteiger partial charge in [-0.15, -0.1) is 0 Å².